The summed E-state index contributed by atoms with van der Waals surface area (Å²) in [6.07, 6.45) is 1.72. The minimum Gasteiger partial charge on any atom is -0.460 e. The van der Waals surface area contributed by atoms with E-state index in [0.29, 0.717) is 54.9 Å². The number of likely N-dealkylation sites (tertiary alicyclic amines) is 1. The van der Waals surface area contributed by atoms with Crippen molar-refractivity contribution in [3.05, 3.63) is 47.0 Å². The van der Waals surface area contributed by atoms with Gasteiger partial charge in [-0.25, -0.2) is 0 Å². The molecule has 232 valence electrons. The molecule has 4 bridgehead atoms. The van der Waals surface area contributed by atoms with E-state index < -0.39 is 46.6 Å². The number of hydrogen-bond acceptors (Lipinski definition) is 7. The number of aliphatic hydroxyl groups is 2. The van der Waals surface area contributed by atoms with Gasteiger partial charge in [0.15, 0.2) is 5.78 Å². The molecule has 3 heterocycles. The number of amides is 1. The Kier molecular flexibility index (Phi) is 6.59. The third-order valence-corrected chi connectivity index (χ3v) is 13.1. The maximum Gasteiger partial charge on any atom is 0.309 e. The lowest BCUT2D eigenvalue weighted by molar-refractivity contribution is -0.455. The largest absolute Gasteiger partial charge is 0.460 e. The minimum absolute atomic E-state index is 0.154. The van der Waals surface area contributed by atoms with Gasteiger partial charge in [0.1, 0.15) is 17.6 Å². The van der Waals surface area contributed by atoms with Crippen molar-refractivity contribution in [3.63, 3.8) is 0 Å². The molecule has 8 rings (SSSR count). The minimum atomic E-state index is -2.18. The summed E-state index contributed by atoms with van der Waals surface area (Å²) in [6.45, 7) is 11.6. The van der Waals surface area contributed by atoms with E-state index in [0.717, 1.165) is 12.8 Å². The Morgan fingerprint density at radius 2 is 1.81 bits per heavy atom. The highest BCUT2D eigenvalue weighted by Gasteiger charge is 2.87. The summed E-state index contributed by atoms with van der Waals surface area (Å²) in [6, 6.07) is 6.92. The molecule has 0 unspecified atom stereocenters. The molecule has 4 aliphatic carbocycles. The van der Waals surface area contributed by atoms with Crippen LogP contribution >= 0.6 is 11.6 Å². The van der Waals surface area contributed by atoms with Crippen molar-refractivity contribution >= 4 is 29.3 Å². The normalized spacial score (nSPS) is 43.3. The van der Waals surface area contributed by atoms with Gasteiger partial charge in [0.25, 0.3) is 5.91 Å². The smallest absolute Gasteiger partial charge is 0.309 e. The van der Waals surface area contributed by atoms with E-state index in [-0.39, 0.29) is 41.5 Å². The Labute approximate surface area is 257 Å². The lowest BCUT2D eigenvalue weighted by Crippen LogP contribution is -2.85. The van der Waals surface area contributed by atoms with E-state index in [2.05, 4.69) is 27.4 Å². The van der Waals surface area contributed by atoms with Crippen molar-refractivity contribution in [2.24, 2.45) is 45.8 Å². The standard InChI is InChI=1S/C34H42ClNO7/c1-18-11-14-31(3,4)25-27(38)34(41)33-24(32(18,25)17-42-34)10-9-21(19(2)26(33)37)28(33)43-30(40)20-12-15-36(16-13-20)29(39)22-7-5-6-8-23(22)35/h5-8,18,20-21,24-25,27-28,38,41H,2,9-17H2,1,3-4H3/t18-,21-,24-,25+,27-,28+,32-,33-,34-/m0/s1. The molecule has 7 fully saturated rings. The van der Waals surface area contributed by atoms with Crippen LogP contribution in [0.3, 0.4) is 0 Å². The fraction of sp³-hybridized carbons (Fsp3) is 0.676. The number of nitrogens with zero attached hydrogens (tertiary/aromatic N) is 1. The second kappa shape index (κ2) is 9.62. The monoisotopic (exact) mass is 611 g/mol. The van der Waals surface area contributed by atoms with Crippen molar-refractivity contribution < 1.29 is 34.1 Å². The highest BCUT2D eigenvalue weighted by atomic mass is 35.5. The van der Waals surface area contributed by atoms with Crippen LogP contribution in [0, 0.1) is 45.8 Å². The molecule has 8 nitrogen and oxygen atoms in total. The van der Waals surface area contributed by atoms with Gasteiger partial charge in [0.2, 0.25) is 5.79 Å². The number of fused-ring (bicyclic) bond motifs is 2. The molecular formula is C34H42ClNO7. The van der Waals surface area contributed by atoms with Crippen LogP contribution in [-0.4, -0.2) is 70.5 Å². The zero-order chi connectivity index (χ0) is 30.7. The average Bonchev–Trinajstić information content (AvgIpc) is 3.10. The maximum atomic E-state index is 14.4. The highest BCUT2D eigenvalue weighted by molar-refractivity contribution is 6.33. The van der Waals surface area contributed by atoms with Crippen LogP contribution in [-0.2, 0) is 19.1 Å². The number of ether oxygens (including phenoxy) is 2. The molecule has 7 aliphatic rings. The number of rotatable bonds is 3. The Hall–Kier alpha value is -2.26. The highest BCUT2D eigenvalue weighted by Crippen LogP contribution is 2.77. The van der Waals surface area contributed by atoms with Crippen molar-refractivity contribution in [1.82, 2.24) is 4.90 Å². The third-order valence-electron chi connectivity index (χ3n) is 12.8. The third kappa shape index (κ3) is 3.58. The van der Waals surface area contributed by atoms with Gasteiger partial charge in [-0.3, -0.25) is 14.4 Å². The number of hydrogen-bond donors (Lipinski definition) is 2. The molecule has 3 saturated heterocycles. The van der Waals surface area contributed by atoms with Crippen LogP contribution in [0.15, 0.2) is 36.4 Å². The van der Waals surface area contributed by atoms with Gasteiger partial charge in [-0.05, 0) is 73.5 Å². The molecular weight excluding hydrogens is 570 g/mol. The van der Waals surface area contributed by atoms with Crippen molar-refractivity contribution in [1.29, 1.82) is 0 Å². The van der Waals surface area contributed by atoms with E-state index in [4.69, 9.17) is 21.1 Å². The van der Waals surface area contributed by atoms with Crippen LogP contribution in [0.5, 0.6) is 0 Å². The summed E-state index contributed by atoms with van der Waals surface area (Å²) < 4.78 is 12.6. The Bertz CT molecular complexity index is 1400. The average molecular weight is 612 g/mol. The Balaban J connectivity index is 1.18. The van der Waals surface area contributed by atoms with Gasteiger partial charge in [0.05, 0.1) is 23.1 Å². The topological polar surface area (TPSA) is 113 Å². The van der Waals surface area contributed by atoms with E-state index in [1.54, 1.807) is 29.2 Å². The molecule has 2 spiro atoms. The fourth-order valence-electron chi connectivity index (χ4n) is 10.7. The molecule has 1 aromatic carbocycles. The number of Topliss-reactive ketones (excluding diaryl/α,β-unsaturated/α-hetero) is 1. The number of esters is 1. The number of halogens is 1. The van der Waals surface area contributed by atoms with E-state index in [9.17, 15) is 24.6 Å². The first kappa shape index (κ1) is 29.5. The SMILES string of the molecule is C=C1C(=O)[C@]23[C@H](OC(=O)C4CCN(C(=O)c5ccccc5Cl)CC4)[C@H]1CC[C@H]2[C@@]12CO[C@@]3(O)[C@@H](O)[C@@H]1C(C)(C)CC[C@@H]2C. The number of ketones is 1. The molecule has 3 aliphatic heterocycles. The van der Waals surface area contributed by atoms with E-state index >= 15 is 0 Å². The zero-order valence-electron chi connectivity index (χ0n) is 25.2. The van der Waals surface area contributed by atoms with E-state index in [1.165, 1.54) is 0 Å². The maximum absolute atomic E-state index is 14.4. The molecule has 1 aromatic rings. The Morgan fingerprint density at radius 3 is 2.51 bits per heavy atom. The Morgan fingerprint density at radius 1 is 1.12 bits per heavy atom. The summed E-state index contributed by atoms with van der Waals surface area (Å²) in [7, 11) is 0. The number of aliphatic hydroxyl groups excluding tert-OH is 1. The van der Waals surface area contributed by atoms with E-state index in [1.807, 2.05) is 0 Å². The number of benzene rings is 1. The van der Waals surface area contributed by atoms with Gasteiger partial charge in [-0.1, -0.05) is 51.1 Å². The van der Waals surface area contributed by atoms with Crippen LogP contribution < -0.4 is 0 Å². The summed E-state index contributed by atoms with van der Waals surface area (Å²) in [4.78, 5) is 43.0. The van der Waals surface area contributed by atoms with Gasteiger partial charge in [-0.2, -0.15) is 0 Å². The number of carbonyl (C=O) groups is 3. The predicted octanol–water partition coefficient (Wildman–Crippen LogP) is 4.41. The molecule has 4 saturated carbocycles. The quantitative estimate of drug-likeness (QED) is 0.385. The van der Waals surface area contributed by atoms with Crippen molar-refractivity contribution in [3.8, 4) is 0 Å². The molecule has 9 atom stereocenters. The molecule has 0 radical (unpaired) electrons. The van der Waals surface area contributed by atoms with Crippen LogP contribution in [0.2, 0.25) is 5.02 Å². The predicted molar refractivity (Wildman–Crippen MR) is 158 cm³/mol. The summed E-state index contributed by atoms with van der Waals surface area (Å²) >= 11 is 6.25. The molecule has 0 aromatic heterocycles. The fourth-order valence-corrected chi connectivity index (χ4v) is 10.9. The lowest BCUT2D eigenvalue weighted by Gasteiger charge is -2.75. The lowest BCUT2D eigenvalue weighted by atomic mass is 9.34. The summed E-state index contributed by atoms with van der Waals surface area (Å²) in [5.74, 6) is -4.42. The van der Waals surface area contributed by atoms with Crippen molar-refractivity contribution in [2.45, 2.75) is 77.3 Å². The van der Waals surface area contributed by atoms with Gasteiger partial charge < -0.3 is 24.6 Å². The van der Waals surface area contributed by atoms with Crippen LogP contribution in [0.4, 0.5) is 0 Å². The number of carbonyl (C=O) groups excluding carboxylic acids is 3. The van der Waals surface area contributed by atoms with Crippen molar-refractivity contribution in [2.75, 3.05) is 19.7 Å². The summed E-state index contributed by atoms with van der Waals surface area (Å²) in [5, 5.41) is 24.8. The van der Waals surface area contributed by atoms with Gasteiger partial charge in [0, 0.05) is 30.3 Å². The van der Waals surface area contributed by atoms with Crippen LogP contribution in [0.25, 0.3) is 0 Å². The second-order valence-electron chi connectivity index (χ2n) is 14.8. The first-order chi connectivity index (χ1) is 20.3. The van der Waals surface area contributed by atoms with Gasteiger partial charge in [-0.15, -0.1) is 0 Å². The van der Waals surface area contributed by atoms with Gasteiger partial charge >= 0.3 is 5.97 Å². The zero-order valence-corrected chi connectivity index (χ0v) is 25.9. The number of piperidine rings is 1. The first-order valence-electron chi connectivity index (χ1n) is 15.8. The van der Waals surface area contributed by atoms with Crippen LogP contribution in [0.1, 0.15) is 69.7 Å². The second-order valence-corrected chi connectivity index (χ2v) is 15.2. The molecule has 9 heteroatoms. The molecule has 2 N–H and O–H groups in total. The first-order valence-corrected chi connectivity index (χ1v) is 16.2. The molecule has 1 amide bonds. The summed E-state index contributed by atoms with van der Waals surface area (Å²) in [5.41, 5.74) is -1.61. The molecule has 43 heavy (non-hydrogen) atoms.